The van der Waals surface area contributed by atoms with Gasteiger partial charge < -0.3 is 19.6 Å². The molecular weight excluding hydrogens is 308 g/mol. The lowest BCUT2D eigenvalue weighted by Crippen LogP contribution is -2.06. The molecule has 0 atom stereocenters. The van der Waals surface area contributed by atoms with Gasteiger partial charge in [-0.15, -0.1) is 0 Å². The fraction of sp³-hybridized carbons (Fsp3) is 0.222. The molecule has 1 heterocycles. The molecule has 0 saturated carbocycles. The maximum atomic E-state index is 11.1. The molecule has 0 amide bonds. The molecule has 0 bridgehead atoms. The van der Waals surface area contributed by atoms with Gasteiger partial charge in [0.05, 0.1) is 29.8 Å². The van der Waals surface area contributed by atoms with Crippen molar-refractivity contribution >= 4 is 17.0 Å². The molecule has 1 aromatic heterocycles. The summed E-state index contributed by atoms with van der Waals surface area (Å²) in [7, 11) is 1.59. The lowest BCUT2D eigenvalue weighted by atomic mass is 10.2. The van der Waals surface area contributed by atoms with Gasteiger partial charge in [0.15, 0.2) is 11.5 Å². The summed E-state index contributed by atoms with van der Waals surface area (Å²) in [6, 6.07) is 10.4. The highest BCUT2D eigenvalue weighted by atomic mass is 16.5. The normalized spacial score (nSPS) is 11.0. The number of nitrogens with one attached hydrogen (secondary N) is 1. The number of aromatic carboxylic acids is 1. The number of aromatic amines is 1. The number of rotatable bonds is 5. The molecule has 3 aromatic rings. The Morgan fingerprint density at radius 1 is 1.17 bits per heavy atom. The predicted molar refractivity (Wildman–Crippen MR) is 90.8 cm³/mol. The number of fused-ring (bicyclic) bond motifs is 1. The molecule has 2 aromatic carbocycles. The molecule has 0 unspecified atom stereocenters. The Kier molecular flexibility index (Phi) is 4.12. The number of ether oxygens (including phenoxy) is 2. The first kappa shape index (κ1) is 15.9. The van der Waals surface area contributed by atoms with Crippen LogP contribution in [0.1, 0.15) is 24.2 Å². The number of carboxylic acids is 1. The molecule has 6 nitrogen and oxygen atoms in total. The predicted octanol–water partition coefficient (Wildman–Crippen LogP) is 3.72. The Labute approximate surface area is 139 Å². The van der Waals surface area contributed by atoms with E-state index in [0.717, 1.165) is 5.56 Å². The Morgan fingerprint density at radius 3 is 2.62 bits per heavy atom. The second-order valence-electron chi connectivity index (χ2n) is 5.65. The number of nitrogens with zero attached hydrogens (tertiary/aromatic N) is 1. The fourth-order valence-electron chi connectivity index (χ4n) is 2.45. The van der Waals surface area contributed by atoms with E-state index in [-0.39, 0.29) is 11.7 Å². The lowest BCUT2D eigenvalue weighted by molar-refractivity contribution is 0.0697. The van der Waals surface area contributed by atoms with Crippen molar-refractivity contribution in [1.82, 2.24) is 9.97 Å². The molecule has 124 valence electrons. The van der Waals surface area contributed by atoms with Crippen molar-refractivity contribution in [3.63, 3.8) is 0 Å². The molecule has 0 fully saturated rings. The quantitative estimate of drug-likeness (QED) is 0.746. The summed E-state index contributed by atoms with van der Waals surface area (Å²) in [5.74, 6) is 0.959. The van der Waals surface area contributed by atoms with E-state index in [1.54, 1.807) is 19.2 Å². The molecule has 6 heteroatoms. The molecule has 0 aliphatic carbocycles. The van der Waals surface area contributed by atoms with Gasteiger partial charge >= 0.3 is 5.97 Å². The summed E-state index contributed by atoms with van der Waals surface area (Å²) >= 11 is 0. The number of H-pyrrole nitrogens is 1. The average molecular weight is 326 g/mol. The molecule has 0 radical (unpaired) electrons. The van der Waals surface area contributed by atoms with Crippen molar-refractivity contribution in [2.75, 3.05) is 7.11 Å². The highest BCUT2D eigenvalue weighted by Gasteiger charge is 2.12. The first-order valence-electron chi connectivity index (χ1n) is 7.56. The largest absolute Gasteiger partial charge is 0.493 e. The zero-order valence-corrected chi connectivity index (χ0v) is 13.7. The minimum atomic E-state index is -0.968. The van der Waals surface area contributed by atoms with Crippen LogP contribution in [0, 0.1) is 0 Å². The zero-order valence-electron chi connectivity index (χ0n) is 13.7. The molecule has 0 saturated heterocycles. The molecule has 24 heavy (non-hydrogen) atoms. The Balaban J connectivity index is 2.02. The third-order valence-corrected chi connectivity index (χ3v) is 3.53. The number of carbonyl (C=O) groups is 1. The smallest absolute Gasteiger partial charge is 0.335 e. The van der Waals surface area contributed by atoms with Gasteiger partial charge in [-0.3, -0.25) is 0 Å². The van der Waals surface area contributed by atoms with Crippen molar-refractivity contribution in [2.24, 2.45) is 0 Å². The monoisotopic (exact) mass is 326 g/mol. The van der Waals surface area contributed by atoms with Crippen molar-refractivity contribution in [1.29, 1.82) is 0 Å². The highest BCUT2D eigenvalue weighted by Crippen LogP contribution is 2.33. The summed E-state index contributed by atoms with van der Waals surface area (Å²) in [5, 5.41) is 9.07. The van der Waals surface area contributed by atoms with Crippen LogP contribution in [0.4, 0.5) is 0 Å². The van der Waals surface area contributed by atoms with E-state index in [0.29, 0.717) is 28.4 Å². The SMILES string of the molecule is COc1cc(-c2nc3ccc(C(=O)O)cc3[nH]2)ccc1OC(C)C. The van der Waals surface area contributed by atoms with Crippen LogP contribution < -0.4 is 9.47 Å². The summed E-state index contributed by atoms with van der Waals surface area (Å²) in [6.07, 6.45) is 0.0467. The number of hydrogen-bond donors (Lipinski definition) is 2. The van der Waals surface area contributed by atoms with Gasteiger partial charge in [0.25, 0.3) is 0 Å². The molecule has 0 aliphatic rings. The van der Waals surface area contributed by atoms with Crippen LogP contribution >= 0.6 is 0 Å². The summed E-state index contributed by atoms with van der Waals surface area (Å²) < 4.78 is 11.1. The summed E-state index contributed by atoms with van der Waals surface area (Å²) in [6.45, 7) is 3.90. The van der Waals surface area contributed by atoms with Crippen molar-refractivity contribution in [3.05, 3.63) is 42.0 Å². The maximum Gasteiger partial charge on any atom is 0.335 e. The summed E-state index contributed by atoms with van der Waals surface area (Å²) in [4.78, 5) is 18.7. The van der Waals surface area contributed by atoms with E-state index in [9.17, 15) is 4.79 Å². The topological polar surface area (TPSA) is 84.4 Å². The van der Waals surface area contributed by atoms with Gasteiger partial charge in [0, 0.05) is 5.56 Å². The van der Waals surface area contributed by atoms with Crippen molar-refractivity contribution in [2.45, 2.75) is 20.0 Å². The van der Waals surface area contributed by atoms with Crippen molar-refractivity contribution in [3.8, 4) is 22.9 Å². The average Bonchev–Trinajstić information content (AvgIpc) is 2.97. The second-order valence-corrected chi connectivity index (χ2v) is 5.65. The third kappa shape index (κ3) is 3.03. The molecule has 0 spiro atoms. The van der Waals surface area contributed by atoms with Crippen LogP contribution in [0.15, 0.2) is 36.4 Å². The lowest BCUT2D eigenvalue weighted by Gasteiger charge is -2.14. The Bertz CT molecular complexity index is 899. The van der Waals surface area contributed by atoms with Gasteiger partial charge in [0.1, 0.15) is 5.82 Å². The summed E-state index contributed by atoms with van der Waals surface area (Å²) in [5.41, 5.74) is 2.43. The third-order valence-electron chi connectivity index (χ3n) is 3.53. The number of hydrogen-bond acceptors (Lipinski definition) is 4. The van der Waals surface area contributed by atoms with E-state index in [1.807, 2.05) is 32.0 Å². The van der Waals surface area contributed by atoms with Crippen LogP contribution in [0.5, 0.6) is 11.5 Å². The standard InChI is InChI=1S/C18H18N2O4/c1-10(2)24-15-7-5-11(9-16(15)23-3)17-19-13-6-4-12(18(21)22)8-14(13)20-17/h4-10H,1-3H3,(H,19,20)(H,21,22). The van der Waals surface area contributed by atoms with Crippen LogP contribution in [0.3, 0.4) is 0 Å². The van der Waals surface area contributed by atoms with Crippen LogP contribution in [0.25, 0.3) is 22.4 Å². The molecule has 3 rings (SSSR count). The van der Waals surface area contributed by atoms with Gasteiger partial charge in [-0.05, 0) is 50.2 Å². The number of benzene rings is 2. The van der Waals surface area contributed by atoms with Gasteiger partial charge in [-0.1, -0.05) is 0 Å². The fourth-order valence-corrected chi connectivity index (χ4v) is 2.45. The molecular formula is C18H18N2O4. The van der Waals surface area contributed by atoms with Crippen LogP contribution in [-0.4, -0.2) is 34.3 Å². The number of carboxylic acid groups (broad SMARTS) is 1. The Hall–Kier alpha value is -3.02. The minimum absolute atomic E-state index is 0.0467. The van der Waals surface area contributed by atoms with Gasteiger partial charge in [0.2, 0.25) is 0 Å². The van der Waals surface area contributed by atoms with E-state index in [4.69, 9.17) is 14.6 Å². The maximum absolute atomic E-state index is 11.1. The number of aromatic nitrogens is 2. The number of imidazole rings is 1. The molecule has 2 N–H and O–H groups in total. The number of methoxy groups -OCH3 is 1. The Morgan fingerprint density at radius 2 is 1.96 bits per heavy atom. The second kappa shape index (κ2) is 6.23. The minimum Gasteiger partial charge on any atom is -0.493 e. The first-order valence-corrected chi connectivity index (χ1v) is 7.56. The van der Waals surface area contributed by atoms with E-state index in [2.05, 4.69) is 9.97 Å². The zero-order chi connectivity index (χ0) is 17.3. The van der Waals surface area contributed by atoms with Gasteiger partial charge in [-0.2, -0.15) is 0 Å². The van der Waals surface area contributed by atoms with E-state index >= 15 is 0 Å². The highest BCUT2D eigenvalue weighted by molar-refractivity contribution is 5.93. The van der Waals surface area contributed by atoms with E-state index in [1.165, 1.54) is 6.07 Å². The first-order chi connectivity index (χ1) is 11.5. The molecule has 0 aliphatic heterocycles. The van der Waals surface area contributed by atoms with Crippen molar-refractivity contribution < 1.29 is 19.4 Å². The van der Waals surface area contributed by atoms with Gasteiger partial charge in [-0.25, -0.2) is 9.78 Å². The van der Waals surface area contributed by atoms with E-state index < -0.39 is 5.97 Å². The van der Waals surface area contributed by atoms with Crippen LogP contribution in [0.2, 0.25) is 0 Å². The van der Waals surface area contributed by atoms with Crippen LogP contribution in [-0.2, 0) is 0 Å².